The molecule has 8 nitrogen and oxygen atoms in total. The summed E-state index contributed by atoms with van der Waals surface area (Å²) in [7, 11) is 0. The highest BCUT2D eigenvalue weighted by Gasteiger charge is 2.25. The van der Waals surface area contributed by atoms with Gasteiger partial charge in [-0.3, -0.25) is 4.79 Å². The van der Waals surface area contributed by atoms with E-state index in [0.29, 0.717) is 37.5 Å². The fourth-order valence-electron chi connectivity index (χ4n) is 3.96. The number of ether oxygens (including phenoxy) is 1. The van der Waals surface area contributed by atoms with Crippen LogP contribution in [0, 0.1) is 11.7 Å². The molecule has 0 aliphatic carbocycles. The van der Waals surface area contributed by atoms with Crippen molar-refractivity contribution in [2.75, 3.05) is 19.6 Å². The Balaban J connectivity index is 1.82. The lowest BCUT2D eigenvalue weighted by Gasteiger charge is -2.30. The van der Waals surface area contributed by atoms with Gasteiger partial charge in [-0.1, -0.05) is 0 Å². The Bertz CT molecular complexity index is 961. The Labute approximate surface area is 187 Å². The first-order chi connectivity index (χ1) is 15.3. The van der Waals surface area contributed by atoms with Crippen LogP contribution in [0.3, 0.4) is 0 Å². The first-order valence-corrected chi connectivity index (χ1v) is 10.8. The van der Waals surface area contributed by atoms with Gasteiger partial charge in [0, 0.05) is 25.7 Å². The second-order valence-corrected chi connectivity index (χ2v) is 8.18. The van der Waals surface area contributed by atoms with Crippen LogP contribution >= 0.6 is 0 Å². The highest BCUT2D eigenvalue weighted by Crippen LogP contribution is 2.31. The Hall–Kier alpha value is -3.23. The zero-order chi connectivity index (χ0) is 23.3. The maximum absolute atomic E-state index is 14.0. The van der Waals surface area contributed by atoms with Crippen molar-refractivity contribution in [3.63, 3.8) is 0 Å². The fraction of sp³-hybridized carbons (Fsp3) is 0.478. The monoisotopic (exact) mass is 444 g/mol. The Kier molecular flexibility index (Phi) is 7.61. The van der Waals surface area contributed by atoms with Crippen LogP contribution in [0.4, 0.5) is 9.18 Å². The van der Waals surface area contributed by atoms with Crippen LogP contribution in [0.2, 0.25) is 0 Å². The van der Waals surface area contributed by atoms with E-state index in [9.17, 15) is 14.0 Å². The van der Waals surface area contributed by atoms with Gasteiger partial charge in [-0.2, -0.15) is 0 Å². The van der Waals surface area contributed by atoms with Gasteiger partial charge in [0.2, 0.25) is 0 Å². The van der Waals surface area contributed by atoms with Crippen molar-refractivity contribution in [3.05, 3.63) is 47.8 Å². The maximum atomic E-state index is 14.0. The predicted octanol–water partition coefficient (Wildman–Crippen LogP) is 4.21. The van der Waals surface area contributed by atoms with Gasteiger partial charge < -0.3 is 19.6 Å². The van der Waals surface area contributed by atoms with Crippen molar-refractivity contribution in [1.29, 1.82) is 0 Å². The summed E-state index contributed by atoms with van der Waals surface area (Å²) >= 11 is 0. The third kappa shape index (κ3) is 5.52. The molecule has 3 rings (SSSR count). The lowest BCUT2D eigenvalue weighted by atomic mass is 9.92. The minimum Gasteiger partial charge on any atom is -0.465 e. The number of amides is 2. The topological polar surface area (TPSA) is 95.9 Å². The van der Waals surface area contributed by atoms with E-state index in [2.05, 4.69) is 9.97 Å². The summed E-state index contributed by atoms with van der Waals surface area (Å²) in [4.78, 5) is 35.7. The number of halogens is 1. The molecule has 1 aliphatic rings. The van der Waals surface area contributed by atoms with Crippen molar-refractivity contribution in [2.24, 2.45) is 5.92 Å². The average molecular weight is 445 g/mol. The SMILES string of the molecule is CCN(C(=O)c1cc(F)ccc1Oc1cncnc1CC1CCN(C(=O)O)CC1)C(C)C. The lowest BCUT2D eigenvalue weighted by molar-refractivity contribution is 0.0713. The molecular formula is C23H29FN4O4. The van der Waals surface area contributed by atoms with Gasteiger partial charge in [-0.25, -0.2) is 19.2 Å². The summed E-state index contributed by atoms with van der Waals surface area (Å²) in [5, 5.41) is 9.13. The van der Waals surface area contributed by atoms with Crippen molar-refractivity contribution in [2.45, 2.75) is 46.1 Å². The van der Waals surface area contributed by atoms with Crippen LogP contribution < -0.4 is 4.74 Å². The van der Waals surface area contributed by atoms with Crippen LogP contribution in [0.5, 0.6) is 11.5 Å². The van der Waals surface area contributed by atoms with E-state index in [-0.39, 0.29) is 29.2 Å². The van der Waals surface area contributed by atoms with E-state index < -0.39 is 11.9 Å². The number of benzene rings is 1. The third-order valence-corrected chi connectivity index (χ3v) is 5.74. The average Bonchev–Trinajstić information content (AvgIpc) is 2.76. The normalized spacial score (nSPS) is 14.5. The minimum absolute atomic E-state index is 0.0455. The van der Waals surface area contributed by atoms with Crippen molar-refractivity contribution < 1.29 is 23.8 Å². The summed E-state index contributed by atoms with van der Waals surface area (Å²) in [6.45, 7) is 7.14. The molecule has 0 atom stereocenters. The van der Waals surface area contributed by atoms with Crippen LogP contribution in [-0.2, 0) is 6.42 Å². The van der Waals surface area contributed by atoms with Crippen molar-refractivity contribution in [1.82, 2.24) is 19.8 Å². The molecule has 0 unspecified atom stereocenters. The van der Waals surface area contributed by atoms with Gasteiger partial charge in [-0.15, -0.1) is 0 Å². The second-order valence-electron chi connectivity index (χ2n) is 8.18. The number of hydrogen-bond donors (Lipinski definition) is 1. The van der Waals surface area contributed by atoms with Gasteiger partial charge in [-0.05, 0) is 64.2 Å². The number of rotatable bonds is 7. The van der Waals surface area contributed by atoms with Gasteiger partial charge in [0.25, 0.3) is 5.91 Å². The number of piperidine rings is 1. The quantitative estimate of drug-likeness (QED) is 0.687. The van der Waals surface area contributed by atoms with E-state index >= 15 is 0 Å². The summed E-state index contributed by atoms with van der Waals surface area (Å²) in [5.41, 5.74) is 0.817. The van der Waals surface area contributed by atoms with Gasteiger partial charge in [0.05, 0.1) is 17.5 Å². The summed E-state index contributed by atoms with van der Waals surface area (Å²) in [6.07, 6.45) is 4.13. The molecule has 172 valence electrons. The van der Waals surface area contributed by atoms with Crippen LogP contribution in [0.25, 0.3) is 0 Å². The zero-order valence-corrected chi connectivity index (χ0v) is 18.6. The highest BCUT2D eigenvalue weighted by atomic mass is 19.1. The molecule has 0 saturated carbocycles. The van der Waals surface area contributed by atoms with Gasteiger partial charge >= 0.3 is 6.09 Å². The molecular weight excluding hydrogens is 415 g/mol. The zero-order valence-electron chi connectivity index (χ0n) is 18.6. The molecule has 2 aromatic rings. The maximum Gasteiger partial charge on any atom is 0.407 e. The van der Waals surface area contributed by atoms with Crippen LogP contribution in [-0.4, -0.2) is 62.6 Å². The number of carboxylic acid groups (broad SMARTS) is 1. The largest absolute Gasteiger partial charge is 0.465 e. The second kappa shape index (κ2) is 10.4. The van der Waals surface area contributed by atoms with Crippen LogP contribution in [0.15, 0.2) is 30.7 Å². The molecule has 9 heteroatoms. The number of hydrogen-bond acceptors (Lipinski definition) is 5. The molecule has 2 amide bonds. The van der Waals surface area contributed by atoms with Crippen molar-refractivity contribution >= 4 is 12.0 Å². The van der Waals surface area contributed by atoms with Crippen LogP contribution in [0.1, 0.15) is 49.7 Å². The first-order valence-electron chi connectivity index (χ1n) is 10.8. The Morgan fingerprint density at radius 3 is 2.62 bits per heavy atom. The Morgan fingerprint density at radius 2 is 2.00 bits per heavy atom. The summed E-state index contributed by atoms with van der Waals surface area (Å²) in [5.74, 6) is 0.0778. The molecule has 1 aliphatic heterocycles. The number of nitrogens with zero attached hydrogens (tertiary/aromatic N) is 4. The number of carbonyl (C=O) groups is 2. The van der Waals surface area contributed by atoms with E-state index in [1.165, 1.54) is 35.6 Å². The van der Waals surface area contributed by atoms with Gasteiger partial charge in [0.1, 0.15) is 17.9 Å². The molecule has 1 aromatic carbocycles. The number of aromatic nitrogens is 2. The fourth-order valence-corrected chi connectivity index (χ4v) is 3.96. The molecule has 0 radical (unpaired) electrons. The Morgan fingerprint density at radius 1 is 1.28 bits per heavy atom. The summed E-state index contributed by atoms with van der Waals surface area (Å²) in [6, 6.07) is 3.84. The van der Waals surface area contributed by atoms with E-state index in [1.807, 2.05) is 20.8 Å². The number of carbonyl (C=O) groups excluding carboxylic acids is 1. The molecule has 32 heavy (non-hydrogen) atoms. The lowest BCUT2D eigenvalue weighted by Crippen LogP contribution is -2.38. The molecule has 1 aromatic heterocycles. The standard InChI is InChI=1S/C23H29FN4O4/c1-4-28(15(2)3)22(29)18-12-17(24)5-6-20(18)32-21-13-25-14-26-19(21)11-16-7-9-27(10-8-16)23(30)31/h5-6,12-16H,4,7-11H2,1-3H3,(H,30,31). The van der Waals surface area contributed by atoms with E-state index in [0.717, 1.165) is 12.8 Å². The highest BCUT2D eigenvalue weighted by molar-refractivity contribution is 5.97. The third-order valence-electron chi connectivity index (χ3n) is 5.74. The van der Waals surface area contributed by atoms with E-state index in [4.69, 9.17) is 9.84 Å². The molecule has 1 fully saturated rings. The molecule has 2 heterocycles. The van der Waals surface area contributed by atoms with Gasteiger partial charge in [0.15, 0.2) is 5.75 Å². The smallest absolute Gasteiger partial charge is 0.407 e. The van der Waals surface area contributed by atoms with E-state index in [1.54, 1.807) is 4.90 Å². The molecule has 1 saturated heterocycles. The molecule has 1 N–H and O–H groups in total. The minimum atomic E-state index is -0.898. The summed E-state index contributed by atoms with van der Waals surface area (Å²) < 4.78 is 20.0. The molecule has 0 spiro atoms. The van der Waals surface area contributed by atoms with Crippen molar-refractivity contribution in [3.8, 4) is 11.5 Å². The molecule has 0 bridgehead atoms. The first kappa shape index (κ1) is 23.4. The number of likely N-dealkylation sites (tertiary alicyclic amines) is 1. The predicted molar refractivity (Wildman–Crippen MR) is 116 cm³/mol.